The molecule has 0 aliphatic carbocycles. The molecule has 1 N–H and O–H groups in total. The molecule has 11 heteroatoms. The van der Waals surface area contributed by atoms with E-state index in [9.17, 15) is 18.0 Å². The van der Waals surface area contributed by atoms with Crippen molar-refractivity contribution in [3.05, 3.63) is 94.0 Å². The molecule has 3 aromatic carbocycles. The van der Waals surface area contributed by atoms with E-state index >= 15 is 0 Å². The first-order valence-electron chi connectivity index (χ1n) is 13.1. The minimum atomic E-state index is -3.93. The smallest absolute Gasteiger partial charge is 0.244 e. The zero-order chi connectivity index (χ0) is 30.2. The number of nitrogens with one attached hydrogen (secondary N) is 1. The van der Waals surface area contributed by atoms with Crippen molar-refractivity contribution in [2.45, 2.75) is 45.3 Å². The fourth-order valence-corrected chi connectivity index (χ4v) is 5.56. The van der Waals surface area contributed by atoms with Crippen LogP contribution in [0.5, 0.6) is 5.75 Å². The van der Waals surface area contributed by atoms with Gasteiger partial charge in [0.2, 0.25) is 21.8 Å². The Morgan fingerprint density at radius 3 is 2.24 bits per heavy atom. The van der Waals surface area contributed by atoms with E-state index in [0.717, 1.165) is 16.1 Å². The van der Waals surface area contributed by atoms with Crippen LogP contribution in [0, 0.1) is 0 Å². The zero-order valence-electron chi connectivity index (χ0n) is 23.5. The maximum absolute atomic E-state index is 14.1. The van der Waals surface area contributed by atoms with Crippen LogP contribution in [-0.2, 0) is 32.6 Å². The first-order chi connectivity index (χ1) is 19.4. The lowest BCUT2D eigenvalue weighted by atomic mass is 10.0. The number of amides is 2. The van der Waals surface area contributed by atoms with Crippen molar-refractivity contribution in [3.63, 3.8) is 0 Å². The van der Waals surface area contributed by atoms with E-state index in [2.05, 4.69) is 5.32 Å². The molecule has 220 valence electrons. The van der Waals surface area contributed by atoms with Crippen LogP contribution in [0.4, 0.5) is 5.69 Å². The summed E-state index contributed by atoms with van der Waals surface area (Å²) in [5.41, 5.74) is 1.74. The van der Waals surface area contributed by atoms with Gasteiger partial charge in [0.05, 0.1) is 24.1 Å². The molecule has 3 aromatic rings. The summed E-state index contributed by atoms with van der Waals surface area (Å²) in [5.74, 6) is -0.540. The largest absolute Gasteiger partial charge is 0.495 e. The van der Waals surface area contributed by atoms with Crippen molar-refractivity contribution in [1.82, 2.24) is 10.2 Å². The molecule has 0 aliphatic rings. The summed E-state index contributed by atoms with van der Waals surface area (Å²) in [6, 6.07) is 19.8. The highest BCUT2D eigenvalue weighted by atomic mass is 35.5. The van der Waals surface area contributed by atoms with Crippen LogP contribution >= 0.6 is 23.2 Å². The molecular weight excluding hydrogens is 585 g/mol. The van der Waals surface area contributed by atoms with Gasteiger partial charge in [0, 0.05) is 24.0 Å². The summed E-state index contributed by atoms with van der Waals surface area (Å²) in [6.07, 6.45) is 1.94. The van der Waals surface area contributed by atoms with Crippen LogP contribution in [0.2, 0.25) is 10.0 Å². The van der Waals surface area contributed by atoms with Crippen LogP contribution in [0.15, 0.2) is 72.8 Å². The minimum absolute atomic E-state index is 0.0335. The maximum atomic E-state index is 14.1. The van der Waals surface area contributed by atoms with E-state index in [1.165, 1.54) is 30.2 Å². The topological polar surface area (TPSA) is 96.0 Å². The van der Waals surface area contributed by atoms with Gasteiger partial charge in [-0.2, -0.15) is 0 Å². The van der Waals surface area contributed by atoms with Crippen LogP contribution in [0.1, 0.15) is 31.4 Å². The van der Waals surface area contributed by atoms with E-state index in [1.807, 2.05) is 44.2 Å². The van der Waals surface area contributed by atoms with Gasteiger partial charge < -0.3 is 15.0 Å². The number of nitrogens with zero attached hydrogens (tertiary/aromatic N) is 2. The van der Waals surface area contributed by atoms with Gasteiger partial charge in [-0.15, -0.1) is 0 Å². The quantitative estimate of drug-likeness (QED) is 0.279. The summed E-state index contributed by atoms with van der Waals surface area (Å²) in [7, 11) is -2.48. The fraction of sp³-hybridized carbons (Fsp3) is 0.333. The lowest BCUT2D eigenvalue weighted by molar-refractivity contribution is -0.140. The van der Waals surface area contributed by atoms with Crippen molar-refractivity contribution in [1.29, 1.82) is 0 Å². The number of carbonyl (C=O) groups is 2. The molecule has 8 nitrogen and oxygen atoms in total. The average molecular weight is 621 g/mol. The second-order valence-electron chi connectivity index (χ2n) is 9.76. The second kappa shape index (κ2) is 14.6. The number of hydrogen-bond acceptors (Lipinski definition) is 5. The van der Waals surface area contributed by atoms with Crippen molar-refractivity contribution in [3.8, 4) is 5.75 Å². The van der Waals surface area contributed by atoms with E-state index in [0.29, 0.717) is 22.8 Å². The predicted octanol–water partition coefficient (Wildman–Crippen LogP) is 5.32. The van der Waals surface area contributed by atoms with Crippen molar-refractivity contribution >= 4 is 50.7 Å². The number of benzene rings is 3. The Kier molecular flexibility index (Phi) is 11.5. The Morgan fingerprint density at radius 1 is 0.976 bits per heavy atom. The van der Waals surface area contributed by atoms with Gasteiger partial charge >= 0.3 is 0 Å². The molecule has 0 aromatic heterocycles. The molecule has 0 saturated heterocycles. The molecule has 0 radical (unpaired) electrons. The fourth-order valence-electron chi connectivity index (χ4n) is 4.25. The van der Waals surface area contributed by atoms with E-state index in [1.54, 1.807) is 24.3 Å². The number of halogens is 2. The number of ether oxygens (including phenoxy) is 1. The number of hydrogen-bond donors (Lipinski definition) is 1. The van der Waals surface area contributed by atoms with Gasteiger partial charge in [0.15, 0.2) is 0 Å². The molecular formula is C30H35Cl2N3O5S. The molecule has 41 heavy (non-hydrogen) atoms. The monoisotopic (exact) mass is 619 g/mol. The summed E-state index contributed by atoms with van der Waals surface area (Å²) in [6.45, 7) is 3.32. The summed E-state index contributed by atoms with van der Waals surface area (Å²) >= 11 is 12.5. The minimum Gasteiger partial charge on any atom is -0.495 e. The number of carbonyl (C=O) groups excluding carboxylic acids is 2. The predicted molar refractivity (Wildman–Crippen MR) is 164 cm³/mol. The maximum Gasteiger partial charge on any atom is 0.244 e. The molecule has 0 saturated carbocycles. The van der Waals surface area contributed by atoms with Crippen molar-refractivity contribution < 1.29 is 22.7 Å². The van der Waals surface area contributed by atoms with Crippen LogP contribution in [0.3, 0.4) is 0 Å². The lowest BCUT2D eigenvalue weighted by Gasteiger charge is -2.34. The normalized spacial score (nSPS) is 12.7. The molecule has 0 aliphatic heterocycles. The average Bonchev–Trinajstić information content (AvgIpc) is 2.93. The van der Waals surface area contributed by atoms with Crippen molar-refractivity contribution in [2.75, 3.05) is 24.2 Å². The highest BCUT2D eigenvalue weighted by Crippen LogP contribution is 2.30. The highest BCUT2D eigenvalue weighted by molar-refractivity contribution is 7.92. The van der Waals surface area contributed by atoms with E-state index in [4.69, 9.17) is 27.9 Å². The Hall–Kier alpha value is -3.27. The molecule has 2 atom stereocenters. The SMILES string of the molecule is CC[C@H](C)NC(=O)[C@@H](Cc1ccccc1)N(Cc1cccc(Cl)c1)C(=O)CN(c1ccc(OC)c(Cl)c1)S(C)(=O)=O. The summed E-state index contributed by atoms with van der Waals surface area (Å²) in [5, 5.41) is 3.66. The third-order valence-corrected chi connectivity index (χ3v) is 8.29. The number of anilines is 1. The molecule has 2 amide bonds. The summed E-state index contributed by atoms with van der Waals surface area (Å²) in [4.78, 5) is 29.2. The first kappa shape index (κ1) is 32.2. The highest BCUT2D eigenvalue weighted by Gasteiger charge is 2.33. The lowest BCUT2D eigenvalue weighted by Crippen LogP contribution is -2.54. The molecule has 0 unspecified atom stereocenters. The Balaban J connectivity index is 2.07. The summed E-state index contributed by atoms with van der Waals surface area (Å²) < 4.78 is 32.0. The standard InChI is InChI=1S/C30H35Cl2N3O5S/c1-5-21(2)33-30(37)27(17-22-10-7-6-8-11-22)34(19-23-12-9-13-24(31)16-23)29(36)20-35(41(4,38)39)25-14-15-28(40-3)26(32)18-25/h6-16,18,21,27H,5,17,19-20H2,1-4H3,(H,33,37)/t21-,27+/m0/s1. The molecule has 0 spiro atoms. The van der Waals surface area contributed by atoms with E-state index in [-0.39, 0.29) is 35.6 Å². The molecule has 0 fully saturated rings. The van der Waals surface area contributed by atoms with E-state index < -0.39 is 28.5 Å². The Labute approximate surface area is 252 Å². The van der Waals surface area contributed by atoms with Crippen LogP contribution in [-0.4, -0.2) is 57.1 Å². The Bertz CT molecular complexity index is 1450. The van der Waals surface area contributed by atoms with Crippen molar-refractivity contribution in [2.24, 2.45) is 0 Å². The van der Waals surface area contributed by atoms with Gasteiger partial charge in [0.25, 0.3) is 0 Å². The van der Waals surface area contributed by atoms with Gasteiger partial charge in [-0.05, 0) is 54.8 Å². The van der Waals surface area contributed by atoms with Gasteiger partial charge in [-0.25, -0.2) is 8.42 Å². The van der Waals surface area contributed by atoms with Crippen LogP contribution < -0.4 is 14.4 Å². The third kappa shape index (κ3) is 9.11. The van der Waals surface area contributed by atoms with Crippen LogP contribution in [0.25, 0.3) is 0 Å². The third-order valence-electron chi connectivity index (χ3n) is 6.62. The number of sulfonamides is 1. The second-order valence-corrected chi connectivity index (χ2v) is 12.5. The molecule has 0 bridgehead atoms. The zero-order valence-corrected chi connectivity index (χ0v) is 25.8. The van der Waals surface area contributed by atoms with Gasteiger partial charge in [-0.3, -0.25) is 13.9 Å². The van der Waals surface area contributed by atoms with Gasteiger partial charge in [0.1, 0.15) is 18.3 Å². The molecule has 3 rings (SSSR count). The van der Waals surface area contributed by atoms with Gasteiger partial charge in [-0.1, -0.05) is 72.6 Å². The number of methoxy groups -OCH3 is 1. The first-order valence-corrected chi connectivity index (χ1v) is 15.7. The Morgan fingerprint density at radius 2 is 1.66 bits per heavy atom. The number of rotatable bonds is 13. The molecule has 0 heterocycles.